The fourth-order valence-electron chi connectivity index (χ4n) is 1.73. The smallest absolute Gasteiger partial charge is 0.328 e. The summed E-state index contributed by atoms with van der Waals surface area (Å²) >= 11 is 6.20. The molecule has 1 aromatic carbocycles. The molecule has 92 valence electrons. The highest BCUT2D eigenvalue weighted by atomic mass is 35.5. The number of methoxy groups -OCH3 is 1. The SMILES string of the molecule is COc1c(C)c(C)c(Cl)c(C)c1/C=C/C(=O)O. The Morgan fingerprint density at radius 2 is 1.82 bits per heavy atom. The number of hydrogen-bond donors (Lipinski definition) is 1. The number of halogens is 1. The molecule has 0 unspecified atom stereocenters. The zero-order valence-corrected chi connectivity index (χ0v) is 11.1. The lowest BCUT2D eigenvalue weighted by molar-refractivity contribution is -0.131. The molecule has 4 heteroatoms. The molecule has 1 N–H and O–H groups in total. The van der Waals surface area contributed by atoms with Crippen LogP contribution in [-0.2, 0) is 4.79 Å². The van der Waals surface area contributed by atoms with Crippen LogP contribution < -0.4 is 4.74 Å². The van der Waals surface area contributed by atoms with Crippen LogP contribution in [0.1, 0.15) is 22.3 Å². The summed E-state index contributed by atoms with van der Waals surface area (Å²) in [5.41, 5.74) is 3.41. The van der Waals surface area contributed by atoms with Crippen molar-refractivity contribution in [3.8, 4) is 5.75 Å². The molecule has 0 aliphatic rings. The number of aliphatic carboxylic acids is 1. The fraction of sp³-hybridized carbons (Fsp3) is 0.308. The zero-order chi connectivity index (χ0) is 13.2. The van der Waals surface area contributed by atoms with Gasteiger partial charge in [0.15, 0.2) is 0 Å². The molecule has 0 amide bonds. The van der Waals surface area contributed by atoms with E-state index in [9.17, 15) is 4.79 Å². The number of ether oxygens (including phenoxy) is 1. The molecule has 0 saturated heterocycles. The topological polar surface area (TPSA) is 46.5 Å². The van der Waals surface area contributed by atoms with Crippen LogP contribution in [0.2, 0.25) is 5.02 Å². The Hall–Kier alpha value is -1.48. The lowest BCUT2D eigenvalue weighted by Crippen LogP contribution is -1.99. The molecule has 1 aromatic rings. The first-order valence-corrected chi connectivity index (χ1v) is 5.52. The fourth-order valence-corrected chi connectivity index (χ4v) is 1.97. The maximum atomic E-state index is 10.6. The molecule has 1 rings (SSSR count). The molecule has 0 spiro atoms. The average Bonchev–Trinajstić information content (AvgIpc) is 2.29. The minimum Gasteiger partial charge on any atom is -0.496 e. The Kier molecular flexibility index (Phi) is 4.18. The molecule has 0 aliphatic heterocycles. The second-order valence-corrected chi connectivity index (χ2v) is 4.19. The van der Waals surface area contributed by atoms with Gasteiger partial charge in [-0.2, -0.15) is 0 Å². The van der Waals surface area contributed by atoms with Crippen LogP contribution in [0.5, 0.6) is 5.75 Å². The molecule has 3 nitrogen and oxygen atoms in total. The third kappa shape index (κ3) is 2.61. The van der Waals surface area contributed by atoms with Gasteiger partial charge in [0, 0.05) is 16.7 Å². The van der Waals surface area contributed by atoms with Crippen LogP contribution in [0.3, 0.4) is 0 Å². The summed E-state index contributed by atoms with van der Waals surface area (Å²) < 4.78 is 5.32. The lowest BCUT2D eigenvalue weighted by Gasteiger charge is -2.16. The molecule has 0 heterocycles. The van der Waals surface area contributed by atoms with Crippen molar-refractivity contribution in [1.82, 2.24) is 0 Å². The van der Waals surface area contributed by atoms with Gasteiger partial charge >= 0.3 is 5.97 Å². The lowest BCUT2D eigenvalue weighted by atomic mass is 9.98. The normalized spacial score (nSPS) is 10.9. The van der Waals surface area contributed by atoms with Gasteiger partial charge in [-0.25, -0.2) is 4.79 Å². The Labute approximate surface area is 106 Å². The molecule has 17 heavy (non-hydrogen) atoms. The van der Waals surface area contributed by atoms with Gasteiger partial charge in [0.1, 0.15) is 5.75 Å². The summed E-state index contributed by atoms with van der Waals surface area (Å²) in [7, 11) is 1.56. The molecule has 0 aliphatic carbocycles. The molecule has 0 atom stereocenters. The highest BCUT2D eigenvalue weighted by Crippen LogP contribution is 2.36. The molecule has 0 fully saturated rings. The van der Waals surface area contributed by atoms with Crippen molar-refractivity contribution in [2.75, 3.05) is 7.11 Å². The van der Waals surface area contributed by atoms with Crippen molar-refractivity contribution in [3.63, 3.8) is 0 Å². The van der Waals surface area contributed by atoms with E-state index in [1.807, 2.05) is 20.8 Å². The Morgan fingerprint density at radius 1 is 1.24 bits per heavy atom. The third-order valence-electron chi connectivity index (χ3n) is 2.81. The van der Waals surface area contributed by atoms with E-state index >= 15 is 0 Å². The van der Waals surface area contributed by atoms with Gasteiger partial charge in [0.25, 0.3) is 0 Å². The van der Waals surface area contributed by atoms with Gasteiger partial charge in [0.05, 0.1) is 7.11 Å². The minimum absolute atomic E-state index is 0.647. The molecule has 0 saturated carbocycles. The minimum atomic E-state index is -0.999. The Balaban J connectivity index is 3.52. The van der Waals surface area contributed by atoms with Crippen molar-refractivity contribution >= 4 is 23.6 Å². The number of carboxylic acid groups (broad SMARTS) is 1. The molecular formula is C13H15ClO3. The summed E-state index contributed by atoms with van der Waals surface area (Å²) in [6, 6.07) is 0. The molecule has 0 aromatic heterocycles. The van der Waals surface area contributed by atoms with Gasteiger partial charge in [0.2, 0.25) is 0 Å². The largest absolute Gasteiger partial charge is 0.496 e. The average molecular weight is 255 g/mol. The van der Waals surface area contributed by atoms with Crippen molar-refractivity contribution in [2.45, 2.75) is 20.8 Å². The number of carbonyl (C=O) groups is 1. The predicted molar refractivity (Wildman–Crippen MR) is 68.9 cm³/mol. The van der Waals surface area contributed by atoms with E-state index in [-0.39, 0.29) is 0 Å². The highest BCUT2D eigenvalue weighted by Gasteiger charge is 2.15. The van der Waals surface area contributed by atoms with Gasteiger partial charge < -0.3 is 9.84 Å². The summed E-state index contributed by atoms with van der Waals surface area (Å²) in [5.74, 6) is -0.331. The van der Waals surface area contributed by atoms with Crippen molar-refractivity contribution in [1.29, 1.82) is 0 Å². The highest BCUT2D eigenvalue weighted by molar-refractivity contribution is 6.32. The second-order valence-electron chi connectivity index (χ2n) is 3.81. The molecular weight excluding hydrogens is 240 g/mol. The first-order valence-electron chi connectivity index (χ1n) is 5.14. The summed E-state index contributed by atoms with van der Waals surface area (Å²) in [6.45, 7) is 5.66. The van der Waals surface area contributed by atoms with E-state index in [4.69, 9.17) is 21.4 Å². The van der Waals surface area contributed by atoms with Crippen molar-refractivity contribution < 1.29 is 14.6 Å². The number of hydrogen-bond acceptors (Lipinski definition) is 2. The third-order valence-corrected chi connectivity index (χ3v) is 3.37. The zero-order valence-electron chi connectivity index (χ0n) is 10.3. The van der Waals surface area contributed by atoms with Crippen LogP contribution in [0.4, 0.5) is 0 Å². The summed E-state index contributed by atoms with van der Waals surface area (Å²) in [4.78, 5) is 10.6. The Bertz CT molecular complexity index is 490. The van der Waals surface area contributed by atoms with Gasteiger partial charge in [-0.05, 0) is 43.5 Å². The van der Waals surface area contributed by atoms with Gasteiger partial charge in [-0.1, -0.05) is 11.6 Å². The summed E-state index contributed by atoms with van der Waals surface area (Å²) in [5, 5.41) is 9.31. The first kappa shape index (κ1) is 13.6. The predicted octanol–water partition coefficient (Wildman–Crippen LogP) is 3.37. The molecule has 0 bridgehead atoms. The van der Waals surface area contributed by atoms with Crippen LogP contribution >= 0.6 is 11.6 Å². The second kappa shape index (κ2) is 5.23. The van der Waals surface area contributed by atoms with Crippen LogP contribution in [0.25, 0.3) is 6.08 Å². The van der Waals surface area contributed by atoms with Crippen LogP contribution in [-0.4, -0.2) is 18.2 Å². The van der Waals surface area contributed by atoms with E-state index in [1.165, 1.54) is 6.08 Å². The quantitative estimate of drug-likeness (QED) is 0.842. The van der Waals surface area contributed by atoms with Crippen molar-refractivity contribution in [2.24, 2.45) is 0 Å². The Morgan fingerprint density at radius 3 is 2.29 bits per heavy atom. The molecule has 0 radical (unpaired) electrons. The summed E-state index contributed by atoms with van der Waals surface area (Å²) in [6.07, 6.45) is 2.59. The van der Waals surface area contributed by atoms with E-state index in [2.05, 4.69) is 0 Å². The van der Waals surface area contributed by atoms with Crippen LogP contribution in [0.15, 0.2) is 6.08 Å². The van der Waals surface area contributed by atoms with E-state index in [1.54, 1.807) is 7.11 Å². The monoisotopic (exact) mass is 254 g/mol. The standard InChI is InChI=1S/C13H15ClO3/c1-7-8(2)13(17-4)10(5-6-11(15)16)9(3)12(7)14/h5-6H,1-4H3,(H,15,16)/b6-5+. The maximum Gasteiger partial charge on any atom is 0.328 e. The van der Waals surface area contributed by atoms with E-state index < -0.39 is 5.97 Å². The number of rotatable bonds is 3. The van der Waals surface area contributed by atoms with E-state index in [0.717, 1.165) is 22.8 Å². The van der Waals surface area contributed by atoms with Crippen LogP contribution in [0, 0.1) is 20.8 Å². The number of benzene rings is 1. The first-order chi connectivity index (χ1) is 7.90. The maximum absolute atomic E-state index is 10.6. The number of carboxylic acids is 1. The van der Waals surface area contributed by atoms with E-state index in [0.29, 0.717) is 16.3 Å². The van der Waals surface area contributed by atoms with Gasteiger partial charge in [-0.15, -0.1) is 0 Å². The van der Waals surface area contributed by atoms with Crippen molar-refractivity contribution in [3.05, 3.63) is 33.4 Å². The van der Waals surface area contributed by atoms with Gasteiger partial charge in [-0.3, -0.25) is 0 Å².